The molecule has 2 aromatic carbocycles. The van der Waals surface area contributed by atoms with Crippen molar-refractivity contribution in [1.82, 2.24) is 4.31 Å². The third-order valence-corrected chi connectivity index (χ3v) is 10.5. The number of nitro benzene ring substituents is 1. The Morgan fingerprint density at radius 3 is 2.45 bits per heavy atom. The largest absolute Gasteiger partial charge is 0.376 e. The standard InChI is InChI=1S/C30H34N2O7S/c33-27-18-24-8-4-14-31(40(37,38)28-11-9-26(10-12-28)32(35)36)15-5-13-30(24)25(19-27)16-23(17-29(30)34)21-39-20-22-6-2-1-3-7-22/h1-3,6-7,9-12,18,23,25H,4-5,8,13-17,19-21H2/t23-,25+,30-/m1/s1. The summed E-state index contributed by atoms with van der Waals surface area (Å²) in [4.78, 5) is 37.1. The summed E-state index contributed by atoms with van der Waals surface area (Å²) in [5.41, 5.74) is 1.03. The molecule has 0 aromatic heterocycles. The SMILES string of the molecule is O=C1C=C2CCCN(S(=O)(=O)c3ccc([N+](=O)[O-])cc3)CCC[C@@]23C(=O)C[C@H](COCc2ccccc2)C[C@H]3C1. The summed E-state index contributed by atoms with van der Waals surface area (Å²) >= 11 is 0. The zero-order valence-corrected chi connectivity index (χ0v) is 23.2. The van der Waals surface area contributed by atoms with Gasteiger partial charge in [-0.3, -0.25) is 19.7 Å². The minimum absolute atomic E-state index is 0.00674. The van der Waals surface area contributed by atoms with Crippen LogP contribution in [-0.4, -0.2) is 48.9 Å². The number of benzene rings is 2. The fourth-order valence-corrected chi connectivity index (χ4v) is 8.26. The molecule has 1 saturated carbocycles. The van der Waals surface area contributed by atoms with Gasteiger partial charge in [-0.15, -0.1) is 0 Å². The lowest BCUT2D eigenvalue weighted by Crippen LogP contribution is -2.49. The zero-order valence-electron chi connectivity index (χ0n) is 22.4. The molecule has 0 unspecified atom stereocenters. The minimum Gasteiger partial charge on any atom is -0.376 e. The molecule has 0 radical (unpaired) electrons. The highest BCUT2D eigenvalue weighted by Gasteiger charge is 2.53. The summed E-state index contributed by atoms with van der Waals surface area (Å²) in [5, 5.41) is 11.0. The van der Waals surface area contributed by atoms with Crippen molar-refractivity contribution in [3.63, 3.8) is 0 Å². The van der Waals surface area contributed by atoms with Gasteiger partial charge in [-0.25, -0.2) is 8.42 Å². The summed E-state index contributed by atoms with van der Waals surface area (Å²) in [6, 6.07) is 14.8. The van der Waals surface area contributed by atoms with Crippen LogP contribution in [0, 0.1) is 27.4 Å². The molecule has 1 saturated heterocycles. The molecule has 0 bridgehead atoms. The maximum atomic E-state index is 13.9. The molecular weight excluding hydrogens is 532 g/mol. The quantitative estimate of drug-likeness (QED) is 0.346. The van der Waals surface area contributed by atoms with Gasteiger partial charge in [-0.2, -0.15) is 4.31 Å². The number of allylic oxidation sites excluding steroid dienone is 2. The Morgan fingerprint density at radius 2 is 1.73 bits per heavy atom. The van der Waals surface area contributed by atoms with E-state index in [4.69, 9.17) is 4.74 Å². The third-order valence-electron chi connectivity index (χ3n) is 8.62. The van der Waals surface area contributed by atoms with E-state index in [0.29, 0.717) is 51.7 Å². The van der Waals surface area contributed by atoms with Crippen LogP contribution in [0.25, 0.3) is 0 Å². The fraction of sp³-hybridized carbons (Fsp3) is 0.467. The first-order valence-electron chi connectivity index (χ1n) is 13.8. The minimum atomic E-state index is -3.87. The van der Waals surface area contributed by atoms with Crippen molar-refractivity contribution in [3.05, 3.63) is 81.9 Å². The van der Waals surface area contributed by atoms with Gasteiger partial charge in [0, 0.05) is 38.1 Å². The molecular formula is C30H34N2O7S. The van der Waals surface area contributed by atoms with Crippen molar-refractivity contribution < 1.29 is 27.7 Å². The van der Waals surface area contributed by atoms with Crippen molar-refractivity contribution in [1.29, 1.82) is 0 Å². The maximum absolute atomic E-state index is 13.9. The Balaban J connectivity index is 1.30. The van der Waals surface area contributed by atoms with Crippen LogP contribution < -0.4 is 0 Å². The molecule has 10 heteroatoms. The van der Waals surface area contributed by atoms with Crippen LogP contribution in [-0.2, 0) is 31.0 Å². The summed E-state index contributed by atoms with van der Waals surface area (Å²) < 4.78 is 34.2. The van der Waals surface area contributed by atoms with E-state index in [1.54, 1.807) is 6.08 Å². The predicted octanol–water partition coefficient (Wildman–Crippen LogP) is 4.86. The average molecular weight is 567 g/mol. The van der Waals surface area contributed by atoms with Gasteiger partial charge < -0.3 is 4.74 Å². The van der Waals surface area contributed by atoms with E-state index in [1.165, 1.54) is 28.6 Å². The first kappa shape index (κ1) is 28.3. The highest BCUT2D eigenvalue weighted by molar-refractivity contribution is 7.89. The van der Waals surface area contributed by atoms with Gasteiger partial charge in [0.1, 0.15) is 5.78 Å². The molecule has 1 aliphatic heterocycles. The number of ketones is 2. The molecule has 212 valence electrons. The second-order valence-corrected chi connectivity index (χ2v) is 13.0. The van der Waals surface area contributed by atoms with E-state index in [2.05, 4.69) is 0 Å². The lowest BCUT2D eigenvalue weighted by atomic mass is 9.53. The Morgan fingerprint density at radius 1 is 1.00 bits per heavy atom. The summed E-state index contributed by atoms with van der Waals surface area (Å²) in [5.74, 6) is 0.112. The highest BCUT2D eigenvalue weighted by Crippen LogP contribution is 2.54. The van der Waals surface area contributed by atoms with E-state index >= 15 is 0 Å². The number of hydrogen-bond donors (Lipinski definition) is 0. The number of nitrogens with zero attached hydrogens (tertiary/aromatic N) is 2. The number of hydrogen-bond acceptors (Lipinski definition) is 7. The van der Waals surface area contributed by atoms with Crippen molar-refractivity contribution in [3.8, 4) is 0 Å². The van der Waals surface area contributed by atoms with Crippen LogP contribution in [0.2, 0.25) is 0 Å². The summed E-state index contributed by atoms with van der Waals surface area (Å²) in [6.45, 7) is 1.42. The maximum Gasteiger partial charge on any atom is 0.269 e. The van der Waals surface area contributed by atoms with Gasteiger partial charge in [-0.1, -0.05) is 35.9 Å². The van der Waals surface area contributed by atoms with Crippen molar-refractivity contribution in [2.24, 2.45) is 17.3 Å². The predicted molar refractivity (Wildman–Crippen MR) is 148 cm³/mol. The Bertz CT molecular complexity index is 1410. The number of carbonyl (C=O) groups excluding carboxylic acids is 2. The van der Waals surface area contributed by atoms with Gasteiger partial charge in [-0.05, 0) is 67.7 Å². The van der Waals surface area contributed by atoms with E-state index in [0.717, 1.165) is 17.6 Å². The first-order chi connectivity index (χ1) is 19.2. The number of Topliss-reactive ketones (excluding diaryl/α,β-unsaturated/α-hetero) is 1. The first-order valence-corrected chi connectivity index (χ1v) is 15.3. The summed E-state index contributed by atoms with van der Waals surface area (Å²) in [7, 11) is -3.87. The van der Waals surface area contributed by atoms with Crippen LogP contribution in [0.1, 0.15) is 50.5 Å². The summed E-state index contributed by atoms with van der Waals surface area (Å²) in [6.07, 6.45) is 5.05. The van der Waals surface area contributed by atoms with Crippen LogP contribution >= 0.6 is 0 Å². The van der Waals surface area contributed by atoms with Crippen molar-refractivity contribution >= 4 is 27.3 Å². The average Bonchev–Trinajstić information content (AvgIpc) is 3.02. The fourth-order valence-electron chi connectivity index (χ4n) is 6.75. The molecule has 2 aliphatic carbocycles. The van der Waals surface area contributed by atoms with Gasteiger partial charge >= 0.3 is 0 Å². The Labute approximate surface area is 234 Å². The molecule has 2 aromatic rings. The highest BCUT2D eigenvalue weighted by atomic mass is 32.2. The van der Waals surface area contributed by atoms with Crippen LogP contribution in [0.4, 0.5) is 5.69 Å². The van der Waals surface area contributed by atoms with Crippen molar-refractivity contribution in [2.75, 3.05) is 19.7 Å². The van der Waals surface area contributed by atoms with Gasteiger partial charge in [0.15, 0.2) is 5.78 Å². The van der Waals surface area contributed by atoms with E-state index < -0.39 is 20.4 Å². The monoisotopic (exact) mass is 566 g/mol. The molecule has 3 aliphatic rings. The van der Waals surface area contributed by atoms with Crippen LogP contribution in [0.5, 0.6) is 0 Å². The zero-order chi connectivity index (χ0) is 28.3. The molecule has 2 fully saturated rings. The number of non-ortho nitro benzene ring substituents is 1. The normalized spacial score (nSPS) is 26.1. The molecule has 0 amide bonds. The Kier molecular flexibility index (Phi) is 8.30. The molecule has 5 rings (SSSR count). The molecule has 40 heavy (non-hydrogen) atoms. The van der Waals surface area contributed by atoms with Gasteiger partial charge in [0.25, 0.3) is 5.69 Å². The number of carbonyl (C=O) groups is 2. The van der Waals surface area contributed by atoms with E-state index in [-0.39, 0.29) is 47.1 Å². The number of sulfonamides is 1. The molecule has 3 atom stereocenters. The topological polar surface area (TPSA) is 124 Å². The number of nitro groups is 1. The second kappa shape index (κ2) is 11.7. The molecule has 1 spiro atoms. The number of ether oxygens (including phenoxy) is 1. The Hall–Kier alpha value is -3.21. The van der Waals surface area contributed by atoms with E-state index in [1.807, 2.05) is 30.3 Å². The van der Waals surface area contributed by atoms with Crippen LogP contribution in [0.15, 0.2) is 71.1 Å². The lowest BCUT2D eigenvalue weighted by Gasteiger charge is -2.49. The van der Waals surface area contributed by atoms with Crippen molar-refractivity contribution in [2.45, 2.75) is 56.4 Å². The third kappa shape index (κ3) is 5.66. The molecule has 1 heterocycles. The molecule has 0 N–H and O–H groups in total. The van der Waals surface area contributed by atoms with Gasteiger partial charge in [0.05, 0.1) is 28.4 Å². The lowest BCUT2D eigenvalue weighted by molar-refractivity contribution is -0.384. The van der Waals surface area contributed by atoms with Crippen LogP contribution in [0.3, 0.4) is 0 Å². The number of rotatable bonds is 7. The smallest absolute Gasteiger partial charge is 0.269 e. The second-order valence-electron chi connectivity index (χ2n) is 11.1. The molecule has 9 nitrogen and oxygen atoms in total. The van der Waals surface area contributed by atoms with Gasteiger partial charge in [0.2, 0.25) is 10.0 Å². The van der Waals surface area contributed by atoms with E-state index in [9.17, 15) is 28.1 Å².